The van der Waals surface area contributed by atoms with Crippen LogP contribution in [-0.2, 0) is 32.1 Å². The highest BCUT2D eigenvalue weighted by Gasteiger charge is 2.33. The van der Waals surface area contributed by atoms with E-state index in [-0.39, 0.29) is 5.91 Å². The van der Waals surface area contributed by atoms with Gasteiger partial charge in [0.25, 0.3) is 5.91 Å². The van der Waals surface area contributed by atoms with Crippen molar-refractivity contribution in [2.45, 2.75) is 32.1 Å². The largest absolute Gasteiger partial charge is 0.416 e. The van der Waals surface area contributed by atoms with Gasteiger partial charge in [0.1, 0.15) is 0 Å². The van der Waals surface area contributed by atoms with Crippen LogP contribution in [0.4, 0.5) is 13.2 Å². The number of hydrogen-bond donors (Lipinski definition) is 2. The zero-order chi connectivity index (χ0) is 17.6. The Morgan fingerprint density at radius 3 is 2.84 bits per heavy atom. The summed E-state index contributed by atoms with van der Waals surface area (Å²) in [5.74, 6) is -0.174. The Kier molecular flexibility index (Phi) is 3.79. The lowest BCUT2D eigenvalue weighted by molar-refractivity contribution is -0.137. The summed E-state index contributed by atoms with van der Waals surface area (Å²) in [5.41, 5.74) is 3.07. The molecule has 5 nitrogen and oxygen atoms in total. The monoisotopic (exact) mass is 350 g/mol. The minimum absolute atomic E-state index is 0.174. The number of carbonyl (C=O) groups is 1. The Morgan fingerprint density at radius 2 is 2.04 bits per heavy atom. The molecule has 4 rings (SSSR count). The lowest BCUT2D eigenvalue weighted by Crippen LogP contribution is -2.37. The summed E-state index contributed by atoms with van der Waals surface area (Å²) in [5, 5.41) is 10.3. The molecule has 0 spiro atoms. The van der Waals surface area contributed by atoms with Gasteiger partial charge in [0, 0.05) is 43.9 Å². The number of nitrogens with one attached hydrogen (secondary N) is 2. The van der Waals surface area contributed by atoms with E-state index in [0.717, 1.165) is 35.9 Å². The number of halogens is 3. The Bertz CT molecular complexity index is 828. The van der Waals surface area contributed by atoms with Crippen LogP contribution in [0.5, 0.6) is 0 Å². The van der Waals surface area contributed by atoms with Crippen molar-refractivity contribution in [1.29, 1.82) is 0 Å². The molecule has 0 saturated heterocycles. The van der Waals surface area contributed by atoms with E-state index in [4.69, 9.17) is 0 Å². The second-order valence-electron chi connectivity index (χ2n) is 6.41. The number of carbonyl (C=O) groups excluding carboxylic acids is 1. The number of aromatic nitrogens is 2. The number of hydrogen-bond acceptors (Lipinski definition) is 3. The number of rotatable bonds is 1. The average molecular weight is 350 g/mol. The van der Waals surface area contributed by atoms with E-state index in [1.807, 2.05) is 0 Å². The standard InChI is InChI=1S/C17H17F3N4O/c18-17(19,20)12-2-1-11-9-24(6-4-10(11)7-12)16(25)15-13-8-21-5-3-14(13)22-23-15/h1-2,7,21H,3-6,8-9H2,(H,22,23). The number of alkyl halides is 3. The Labute approximate surface area is 142 Å². The summed E-state index contributed by atoms with van der Waals surface area (Å²) in [4.78, 5) is 14.5. The van der Waals surface area contributed by atoms with Gasteiger partial charge >= 0.3 is 6.18 Å². The molecule has 2 aromatic rings. The fourth-order valence-electron chi connectivity index (χ4n) is 3.45. The van der Waals surface area contributed by atoms with Crippen LogP contribution in [0.3, 0.4) is 0 Å². The lowest BCUT2D eigenvalue weighted by Gasteiger charge is -2.29. The fraction of sp³-hybridized carbons (Fsp3) is 0.412. The second kappa shape index (κ2) is 5.87. The third-order valence-electron chi connectivity index (χ3n) is 4.84. The van der Waals surface area contributed by atoms with E-state index in [0.29, 0.717) is 37.3 Å². The normalized spacial score (nSPS) is 17.2. The third-order valence-corrected chi connectivity index (χ3v) is 4.84. The summed E-state index contributed by atoms with van der Waals surface area (Å²) in [6, 6.07) is 3.74. The molecule has 0 atom stereocenters. The van der Waals surface area contributed by atoms with Crippen LogP contribution in [0.15, 0.2) is 18.2 Å². The highest BCUT2D eigenvalue weighted by Crippen LogP contribution is 2.32. The van der Waals surface area contributed by atoms with Crippen LogP contribution in [0.25, 0.3) is 0 Å². The van der Waals surface area contributed by atoms with Crippen molar-refractivity contribution in [3.63, 3.8) is 0 Å². The first-order chi connectivity index (χ1) is 11.9. The van der Waals surface area contributed by atoms with Crippen LogP contribution in [0.2, 0.25) is 0 Å². The number of amides is 1. The number of H-pyrrole nitrogens is 1. The molecule has 0 saturated carbocycles. The molecule has 132 valence electrons. The Hall–Kier alpha value is -2.35. The van der Waals surface area contributed by atoms with Gasteiger partial charge in [0.15, 0.2) is 5.69 Å². The first-order valence-electron chi connectivity index (χ1n) is 8.18. The van der Waals surface area contributed by atoms with E-state index in [2.05, 4.69) is 15.5 Å². The molecular formula is C17H17F3N4O. The van der Waals surface area contributed by atoms with Gasteiger partial charge in [-0.05, 0) is 29.7 Å². The third kappa shape index (κ3) is 2.90. The summed E-state index contributed by atoms with van der Waals surface area (Å²) in [7, 11) is 0. The Balaban J connectivity index is 1.56. The van der Waals surface area contributed by atoms with Crippen LogP contribution >= 0.6 is 0 Å². The summed E-state index contributed by atoms with van der Waals surface area (Å²) < 4.78 is 38.5. The molecule has 3 heterocycles. The van der Waals surface area contributed by atoms with Gasteiger partial charge in [-0.25, -0.2) is 0 Å². The fourth-order valence-corrected chi connectivity index (χ4v) is 3.45. The predicted octanol–water partition coefficient (Wildman–Crippen LogP) is 2.27. The molecule has 1 amide bonds. The zero-order valence-electron chi connectivity index (χ0n) is 13.4. The SMILES string of the molecule is O=C(c1n[nH]c2c1CNCC2)N1CCc2cc(C(F)(F)F)ccc2C1. The summed E-state index contributed by atoms with van der Waals surface area (Å²) in [6.07, 6.45) is -3.13. The van der Waals surface area contributed by atoms with Gasteiger partial charge in [0.05, 0.1) is 5.56 Å². The predicted molar refractivity (Wildman–Crippen MR) is 83.9 cm³/mol. The molecule has 2 aliphatic rings. The van der Waals surface area contributed by atoms with Crippen LogP contribution in [0.1, 0.15) is 38.4 Å². The highest BCUT2D eigenvalue weighted by molar-refractivity contribution is 5.94. The molecule has 25 heavy (non-hydrogen) atoms. The molecular weight excluding hydrogens is 333 g/mol. The molecule has 2 N–H and O–H groups in total. The summed E-state index contributed by atoms with van der Waals surface area (Å²) >= 11 is 0. The van der Waals surface area contributed by atoms with Gasteiger partial charge < -0.3 is 10.2 Å². The van der Waals surface area contributed by atoms with Gasteiger partial charge in [0.2, 0.25) is 0 Å². The lowest BCUT2D eigenvalue weighted by atomic mass is 9.96. The average Bonchev–Trinajstić information content (AvgIpc) is 3.03. The number of aromatic amines is 1. The van der Waals surface area contributed by atoms with Crippen molar-refractivity contribution >= 4 is 5.91 Å². The quantitative estimate of drug-likeness (QED) is 0.830. The first-order valence-corrected chi connectivity index (χ1v) is 8.18. The molecule has 0 aliphatic carbocycles. The van der Waals surface area contributed by atoms with Crippen LogP contribution in [-0.4, -0.2) is 34.1 Å². The molecule has 1 aromatic heterocycles. The molecule has 0 fully saturated rings. The minimum Gasteiger partial charge on any atom is -0.333 e. The van der Waals surface area contributed by atoms with Crippen LogP contribution in [0, 0.1) is 0 Å². The minimum atomic E-state index is -4.34. The van der Waals surface area contributed by atoms with Crippen molar-refractivity contribution in [3.05, 3.63) is 51.8 Å². The Morgan fingerprint density at radius 1 is 1.20 bits per heavy atom. The number of fused-ring (bicyclic) bond motifs is 2. The summed E-state index contributed by atoms with van der Waals surface area (Å²) in [6.45, 7) is 2.15. The maximum absolute atomic E-state index is 12.8. The first kappa shape index (κ1) is 16.1. The molecule has 1 aromatic carbocycles. The highest BCUT2D eigenvalue weighted by atomic mass is 19.4. The van der Waals surface area contributed by atoms with Crippen molar-refractivity contribution in [3.8, 4) is 0 Å². The van der Waals surface area contributed by atoms with Crippen molar-refractivity contribution in [2.75, 3.05) is 13.1 Å². The van der Waals surface area contributed by atoms with Gasteiger partial charge in [-0.15, -0.1) is 0 Å². The van der Waals surface area contributed by atoms with E-state index in [1.165, 1.54) is 12.1 Å². The topological polar surface area (TPSA) is 61.0 Å². The smallest absolute Gasteiger partial charge is 0.333 e. The van der Waals surface area contributed by atoms with Crippen LogP contribution < -0.4 is 5.32 Å². The van der Waals surface area contributed by atoms with Gasteiger partial charge in [-0.2, -0.15) is 18.3 Å². The molecule has 0 unspecified atom stereocenters. The van der Waals surface area contributed by atoms with Crippen molar-refractivity contribution in [1.82, 2.24) is 20.4 Å². The van der Waals surface area contributed by atoms with E-state index in [9.17, 15) is 18.0 Å². The molecule has 0 radical (unpaired) electrons. The van der Waals surface area contributed by atoms with Crippen molar-refractivity contribution < 1.29 is 18.0 Å². The van der Waals surface area contributed by atoms with Gasteiger partial charge in [-0.1, -0.05) is 6.07 Å². The number of benzene rings is 1. The maximum atomic E-state index is 12.8. The van der Waals surface area contributed by atoms with E-state index >= 15 is 0 Å². The number of nitrogens with zero attached hydrogens (tertiary/aromatic N) is 2. The zero-order valence-corrected chi connectivity index (χ0v) is 13.4. The second-order valence-corrected chi connectivity index (χ2v) is 6.41. The molecule has 8 heteroatoms. The van der Waals surface area contributed by atoms with E-state index < -0.39 is 11.7 Å². The molecule has 2 aliphatic heterocycles. The van der Waals surface area contributed by atoms with E-state index in [1.54, 1.807) is 4.90 Å². The van der Waals surface area contributed by atoms with Crippen molar-refractivity contribution in [2.24, 2.45) is 0 Å². The maximum Gasteiger partial charge on any atom is 0.416 e. The molecule has 0 bridgehead atoms. The van der Waals surface area contributed by atoms with Gasteiger partial charge in [-0.3, -0.25) is 9.89 Å².